The summed E-state index contributed by atoms with van der Waals surface area (Å²) in [6.07, 6.45) is 0.633. The van der Waals surface area contributed by atoms with Crippen molar-refractivity contribution in [3.05, 3.63) is 53.8 Å². The predicted octanol–water partition coefficient (Wildman–Crippen LogP) is 3.29. The Balaban J connectivity index is 0.00000392. The molecule has 28 heavy (non-hydrogen) atoms. The molecule has 0 aliphatic heterocycles. The summed E-state index contributed by atoms with van der Waals surface area (Å²) < 4.78 is 24.1. The molecule has 0 aliphatic carbocycles. The number of phenolic OH excluding ortho intramolecular Hbond substituents is 1. The van der Waals surface area contributed by atoms with Crippen LogP contribution in [0.25, 0.3) is 0 Å². The maximum Gasteiger partial charge on any atom is 0.193 e. The van der Waals surface area contributed by atoms with Crippen LogP contribution < -0.4 is 14.8 Å². The van der Waals surface area contributed by atoms with Gasteiger partial charge in [-0.2, -0.15) is 0 Å². The van der Waals surface area contributed by atoms with E-state index in [0.717, 1.165) is 5.56 Å². The highest BCUT2D eigenvalue weighted by Gasteiger charge is 2.08. The lowest BCUT2D eigenvalue weighted by atomic mass is 10.1. The zero-order valence-corrected chi connectivity index (χ0v) is 18.6. The Bertz CT molecular complexity index is 774. The number of likely N-dealkylation sites (N-methyl/N-ethyl adjacent to an activating group) is 1. The van der Waals surface area contributed by atoms with E-state index in [2.05, 4.69) is 10.3 Å². The first-order valence-corrected chi connectivity index (χ1v) is 8.70. The van der Waals surface area contributed by atoms with Crippen LogP contribution in [0.2, 0.25) is 0 Å². The molecule has 2 N–H and O–H groups in total. The highest BCUT2D eigenvalue weighted by atomic mass is 127. The zero-order chi connectivity index (χ0) is 19.6. The molecule has 2 rings (SSSR count). The van der Waals surface area contributed by atoms with Gasteiger partial charge in [0.1, 0.15) is 18.1 Å². The minimum Gasteiger partial charge on any atom is -0.508 e. The molecule has 154 valence electrons. The highest BCUT2D eigenvalue weighted by molar-refractivity contribution is 14.0. The van der Waals surface area contributed by atoms with Gasteiger partial charge >= 0.3 is 0 Å². The number of hydrogen-bond donors (Lipinski definition) is 2. The number of hydrogen-bond acceptors (Lipinski definition) is 4. The summed E-state index contributed by atoms with van der Waals surface area (Å²) >= 11 is 0. The van der Waals surface area contributed by atoms with Crippen LogP contribution in [-0.4, -0.2) is 56.9 Å². The third kappa shape index (κ3) is 7.06. The van der Waals surface area contributed by atoms with Crippen molar-refractivity contribution < 1.29 is 19.0 Å². The molecule has 0 saturated carbocycles. The van der Waals surface area contributed by atoms with Crippen LogP contribution >= 0.6 is 24.0 Å². The standard InChI is InChI=1S/C20H26FN3O3.HI/c1-22-20(23-11-10-15-8-9-16(26-3)14-18(15)25)24(2)12-13-27-19-7-5-4-6-17(19)21;/h4-9,14,25H,10-13H2,1-3H3,(H,22,23);1H. The van der Waals surface area contributed by atoms with Gasteiger partial charge in [-0.05, 0) is 30.2 Å². The molecule has 2 aromatic carbocycles. The molecule has 0 saturated heterocycles. The van der Waals surface area contributed by atoms with Gasteiger partial charge in [-0.15, -0.1) is 24.0 Å². The highest BCUT2D eigenvalue weighted by Crippen LogP contribution is 2.23. The third-order valence-electron chi connectivity index (χ3n) is 4.06. The number of nitrogens with zero attached hydrogens (tertiary/aromatic N) is 2. The number of rotatable bonds is 8. The van der Waals surface area contributed by atoms with Gasteiger partial charge in [-0.25, -0.2) is 4.39 Å². The molecule has 6 nitrogen and oxygen atoms in total. The van der Waals surface area contributed by atoms with Crippen LogP contribution in [0.4, 0.5) is 4.39 Å². The maximum absolute atomic E-state index is 13.5. The Labute approximate surface area is 182 Å². The van der Waals surface area contributed by atoms with Gasteiger partial charge in [0.2, 0.25) is 0 Å². The van der Waals surface area contributed by atoms with E-state index in [9.17, 15) is 9.50 Å². The number of para-hydroxylation sites is 1. The molecule has 0 amide bonds. The molecule has 0 spiro atoms. The second-order valence-corrected chi connectivity index (χ2v) is 5.92. The van der Waals surface area contributed by atoms with E-state index in [1.54, 1.807) is 38.4 Å². The number of phenols is 1. The van der Waals surface area contributed by atoms with E-state index in [1.807, 2.05) is 24.1 Å². The summed E-state index contributed by atoms with van der Waals surface area (Å²) in [4.78, 5) is 6.13. The van der Waals surface area contributed by atoms with Crippen molar-refractivity contribution in [1.29, 1.82) is 0 Å². The number of ether oxygens (including phenoxy) is 2. The van der Waals surface area contributed by atoms with Crippen LogP contribution in [0.5, 0.6) is 17.2 Å². The molecule has 0 heterocycles. The average Bonchev–Trinajstić information content (AvgIpc) is 2.67. The van der Waals surface area contributed by atoms with Crippen molar-refractivity contribution in [1.82, 2.24) is 10.2 Å². The van der Waals surface area contributed by atoms with Crippen molar-refractivity contribution >= 4 is 29.9 Å². The van der Waals surface area contributed by atoms with Gasteiger partial charge in [0.15, 0.2) is 17.5 Å². The van der Waals surface area contributed by atoms with Crippen LogP contribution in [-0.2, 0) is 6.42 Å². The Hall–Kier alpha value is -2.23. The topological polar surface area (TPSA) is 66.3 Å². The number of nitrogens with one attached hydrogen (secondary N) is 1. The van der Waals surface area contributed by atoms with Crippen molar-refractivity contribution in [2.75, 3.05) is 40.9 Å². The van der Waals surface area contributed by atoms with E-state index in [1.165, 1.54) is 6.07 Å². The Morgan fingerprint density at radius 3 is 2.64 bits per heavy atom. The minimum absolute atomic E-state index is 0. The Morgan fingerprint density at radius 2 is 2.00 bits per heavy atom. The van der Waals surface area contributed by atoms with Crippen LogP contribution in [0, 0.1) is 5.82 Å². The molecule has 0 atom stereocenters. The predicted molar refractivity (Wildman–Crippen MR) is 120 cm³/mol. The normalized spacial score (nSPS) is 10.8. The van der Waals surface area contributed by atoms with Crippen LogP contribution in [0.15, 0.2) is 47.5 Å². The van der Waals surface area contributed by atoms with E-state index < -0.39 is 0 Å². The monoisotopic (exact) mass is 503 g/mol. The molecule has 8 heteroatoms. The Morgan fingerprint density at radius 1 is 1.25 bits per heavy atom. The lowest BCUT2D eigenvalue weighted by Gasteiger charge is -2.22. The molecule has 2 aromatic rings. The molecule has 0 aliphatic rings. The van der Waals surface area contributed by atoms with E-state index >= 15 is 0 Å². The Kier molecular flexibility index (Phi) is 10.4. The van der Waals surface area contributed by atoms with Crippen molar-refractivity contribution in [2.24, 2.45) is 4.99 Å². The van der Waals surface area contributed by atoms with Crippen molar-refractivity contribution in [3.63, 3.8) is 0 Å². The second-order valence-electron chi connectivity index (χ2n) is 5.92. The fraction of sp³-hybridized carbons (Fsp3) is 0.350. The smallest absolute Gasteiger partial charge is 0.193 e. The molecule has 0 aromatic heterocycles. The van der Waals surface area contributed by atoms with Crippen LogP contribution in [0.3, 0.4) is 0 Å². The zero-order valence-electron chi connectivity index (χ0n) is 16.3. The SMILES string of the molecule is CN=C(NCCc1ccc(OC)cc1O)N(C)CCOc1ccccc1F.I. The molecular weight excluding hydrogens is 476 g/mol. The van der Waals surface area contributed by atoms with E-state index in [0.29, 0.717) is 37.8 Å². The number of aliphatic imine (C=N–C) groups is 1. The first-order chi connectivity index (χ1) is 13.0. The number of benzene rings is 2. The quantitative estimate of drug-likeness (QED) is 0.329. The lowest BCUT2D eigenvalue weighted by molar-refractivity contribution is 0.270. The molecular formula is C20H27FIN3O3. The lowest BCUT2D eigenvalue weighted by Crippen LogP contribution is -2.41. The summed E-state index contributed by atoms with van der Waals surface area (Å²) in [5, 5.41) is 13.2. The number of methoxy groups -OCH3 is 1. The fourth-order valence-corrected chi connectivity index (χ4v) is 2.54. The van der Waals surface area contributed by atoms with Crippen molar-refractivity contribution in [2.45, 2.75) is 6.42 Å². The number of halogens is 2. The summed E-state index contributed by atoms with van der Waals surface area (Å²) in [5.74, 6) is 1.39. The van der Waals surface area contributed by atoms with Crippen molar-refractivity contribution in [3.8, 4) is 17.2 Å². The summed E-state index contributed by atoms with van der Waals surface area (Å²) in [7, 11) is 5.14. The van der Waals surface area contributed by atoms with Gasteiger partial charge in [-0.3, -0.25) is 4.99 Å². The molecule has 0 bridgehead atoms. The van der Waals surface area contributed by atoms with Gasteiger partial charge in [0, 0.05) is 26.7 Å². The van der Waals surface area contributed by atoms with Gasteiger partial charge < -0.3 is 24.8 Å². The van der Waals surface area contributed by atoms with Gasteiger partial charge in [0.25, 0.3) is 0 Å². The molecule has 0 fully saturated rings. The first kappa shape index (κ1) is 23.8. The first-order valence-electron chi connectivity index (χ1n) is 8.70. The average molecular weight is 503 g/mol. The molecule has 0 radical (unpaired) electrons. The van der Waals surface area contributed by atoms with E-state index in [-0.39, 0.29) is 41.3 Å². The molecule has 0 unspecified atom stereocenters. The van der Waals surface area contributed by atoms with Crippen LogP contribution in [0.1, 0.15) is 5.56 Å². The summed E-state index contributed by atoms with van der Waals surface area (Å²) in [5.41, 5.74) is 0.823. The summed E-state index contributed by atoms with van der Waals surface area (Å²) in [6.45, 7) is 1.48. The third-order valence-corrected chi connectivity index (χ3v) is 4.06. The number of aromatic hydroxyl groups is 1. The largest absolute Gasteiger partial charge is 0.508 e. The summed E-state index contributed by atoms with van der Waals surface area (Å²) in [6, 6.07) is 11.6. The van der Waals surface area contributed by atoms with Gasteiger partial charge in [0.05, 0.1) is 13.7 Å². The van der Waals surface area contributed by atoms with E-state index in [4.69, 9.17) is 9.47 Å². The van der Waals surface area contributed by atoms with Gasteiger partial charge in [-0.1, -0.05) is 18.2 Å². The number of guanidine groups is 1. The minimum atomic E-state index is -0.373. The fourth-order valence-electron chi connectivity index (χ4n) is 2.54. The maximum atomic E-state index is 13.5. The second kappa shape index (κ2) is 12.3.